The van der Waals surface area contributed by atoms with E-state index in [1.807, 2.05) is 13.0 Å². The molecular formula is C51H78N2O7SSi. The summed E-state index contributed by atoms with van der Waals surface area (Å²) in [5.74, 6) is 2.29. The molecule has 2 aromatic heterocycles. The quantitative estimate of drug-likeness (QED) is 0.0332. The predicted molar refractivity (Wildman–Crippen MR) is 257 cm³/mol. The zero-order chi connectivity index (χ0) is 44.3. The lowest BCUT2D eigenvalue weighted by Gasteiger charge is -2.43. The molecular weight excluding hydrogens is 813 g/mol. The van der Waals surface area contributed by atoms with Gasteiger partial charge in [-0.05, 0) is 51.9 Å². The van der Waals surface area contributed by atoms with Crippen LogP contribution in [-0.2, 0) is 20.4 Å². The first-order valence-electron chi connectivity index (χ1n) is 23.8. The zero-order valence-electron chi connectivity index (χ0n) is 39.0. The highest BCUT2D eigenvalue weighted by Crippen LogP contribution is 2.37. The van der Waals surface area contributed by atoms with Crippen LogP contribution in [0, 0.1) is 6.92 Å². The van der Waals surface area contributed by atoms with Crippen molar-refractivity contribution in [2.75, 3.05) is 26.4 Å². The predicted octanol–water partition coefficient (Wildman–Crippen LogP) is 12.6. The topological polar surface area (TPSA) is 106 Å². The monoisotopic (exact) mass is 891 g/mol. The molecule has 0 aliphatic heterocycles. The van der Waals surface area contributed by atoms with Gasteiger partial charge in [0, 0.05) is 37.3 Å². The van der Waals surface area contributed by atoms with Crippen molar-refractivity contribution in [3.63, 3.8) is 0 Å². The third-order valence-electron chi connectivity index (χ3n) is 11.5. The minimum atomic E-state index is -2.54. The van der Waals surface area contributed by atoms with Gasteiger partial charge in [-0.2, -0.15) is 0 Å². The molecule has 0 N–H and O–H groups in total. The van der Waals surface area contributed by atoms with Crippen LogP contribution >= 0.6 is 11.8 Å². The molecule has 2 atom stereocenters. The van der Waals surface area contributed by atoms with E-state index in [9.17, 15) is 4.79 Å². The highest BCUT2D eigenvalue weighted by atomic mass is 32.2. The molecule has 9 nitrogen and oxygen atoms in total. The van der Waals surface area contributed by atoms with Gasteiger partial charge in [0.2, 0.25) is 0 Å². The average Bonchev–Trinajstić information content (AvgIpc) is 3.90. The van der Waals surface area contributed by atoms with E-state index < -0.39 is 14.4 Å². The summed E-state index contributed by atoms with van der Waals surface area (Å²) in [6, 6.07) is 25.2. The lowest BCUT2D eigenvalue weighted by Crippen LogP contribution is -2.66. The Hall–Kier alpha value is -3.38. The Morgan fingerprint density at radius 3 is 1.82 bits per heavy atom. The highest BCUT2D eigenvalue weighted by molar-refractivity contribution is 8.14. The fraction of sp³-hybridized carbons (Fsp3) is 0.627. The number of nitrogens with zero attached hydrogens (tertiary/aromatic N) is 2. The summed E-state index contributed by atoms with van der Waals surface area (Å²) < 4.78 is 36.3. The molecule has 4 aromatic rings. The molecule has 0 saturated heterocycles. The number of aryl methyl sites for hydroxylation is 2. The fourth-order valence-corrected chi connectivity index (χ4v) is 13.7. The Morgan fingerprint density at radius 2 is 1.26 bits per heavy atom. The van der Waals surface area contributed by atoms with Crippen LogP contribution in [0.3, 0.4) is 0 Å². The van der Waals surface area contributed by atoms with Crippen molar-refractivity contribution in [1.29, 1.82) is 0 Å². The molecule has 0 bridgehead atoms. The Morgan fingerprint density at radius 1 is 0.694 bits per heavy atom. The molecule has 0 fully saturated rings. The number of hydrogen-bond acceptors (Lipinski definition) is 10. The van der Waals surface area contributed by atoms with Crippen LogP contribution in [0.25, 0.3) is 0 Å². The number of aromatic nitrogens is 2. The van der Waals surface area contributed by atoms with Gasteiger partial charge >= 0.3 is 0 Å². The van der Waals surface area contributed by atoms with Gasteiger partial charge in [0.1, 0.15) is 18.1 Å². The molecule has 0 spiro atoms. The number of rotatable bonds is 34. The maximum atomic E-state index is 12.2. The first-order valence-corrected chi connectivity index (χ1v) is 26.6. The van der Waals surface area contributed by atoms with Gasteiger partial charge in [-0.15, -0.1) is 0 Å². The summed E-state index contributed by atoms with van der Waals surface area (Å²) in [6.45, 7) is 14.3. The van der Waals surface area contributed by atoms with E-state index in [1.165, 1.54) is 99.2 Å². The Balaban J connectivity index is 1.17. The van der Waals surface area contributed by atoms with Gasteiger partial charge in [-0.25, -0.2) is 0 Å². The van der Waals surface area contributed by atoms with Crippen molar-refractivity contribution >= 4 is 35.6 Å². The summed E-state index contributed by atoms with van der Waals surface area (Å²) >= 11 is 1.35. The molecule has 2 aromatic carbocycles. The van der Waals surface area contributed by atoms with E-state index >= 15 is 0 Å². The second-order valence-electron chi connectivity index (χ2n) is 17.9. The minimum Gasteiger partial charge on any atom is -0.471 e. The SMILES string of the molecule is CCCCCCCCCCCCCCCc1cc(OCC(COCC(CCCCCCO[Si](c2ccccc2)(c2ccccc2)C(C)(C)C)SC(C)=O)Oc2cc(C)on2)no1. The molecule has 344 valence electrons. The van der Waals surface area contributed by atoms with Crippen LogP contribution in [0.15, 0.2) is 81.8 Å². The highest BCUT2D eigenvalue weighted by Gasteiger charge is 2.49. The van der Waals surface area contributed by atoms with E-state index in [1.54, 1.807) is 13.0 Å². The van der Waals surface area contributed by atoms with Crippen molar-refractivity contribution in [2.24, 2.45) is 0 Å². The van der Waals surface area contributed by atoms with E-state index in [2.05, 4.69) is 98.7 Å². The molecule has 2 unspecified atom stereocenters. The first-order chi connectivity index (χ1) is 30.1. The zero-order valence-corrected chi connectivity index (χ0v) is 40.8. The van der Waals surface area contributed by atoms with Gasteiger partial charge in [0.05, 0.1) is 13.2 Å². The largest absolute Gasteiger partial charge is 0.471 e. The number of carbonyl (C=O) groups excluding carboxylic acids is 1. The average molecular weight is 891 g/mol. The first kappa shape index (κ1) is 51.3. The van der Waals surface area contributed by atoms with Gasteiger partial charge in [0.25, 0.3) is 20.1 Å². The van der Waals surface area contributed by atoms with Crippen molar-refractivity contribution in [1.82, 2.24) is 10.3 Å². The van der Waals surface area contributed by atoms with Crippen LogP contribution in [-0.4, -0.2) is 61.5 Å². The van der Waals surface area contributed by atoms with E-state index in [4.69, 9.17) is 27.7 Å². The number of unbranched alkanes of at least 4 members (excludes halogenated alkanes) is 15. The van der Waals surface area contributed by atoms with E-state index in [0.717, 1.165) is 50.7 Å². The molecule has 0 aliphatic rings. The summed E-state index contributed by atoms with van der Waals surface area (Å²) in [4.78, 5) is 12.2. The van der Waals surface area contributed by atoms with Crippen LogP contribution < -0.4 is 19.8 Å². The number of thioether (sulfide) groups is 1. The van der Waals surface area contributed by atoms with Gasteiger partial charge in [-0.1, -0.05) is 196 Å². The van der Waals surface area contributed by atoms with Crippen molar-refractivity contribution in [3.05, 3.63) is 84.3 Å². The summed E-state index contributed by atoms with van der Waals surface area (Å²) in [7, 11) is -2.54. The molecule has 2 heterocycles. The maximum Gasteiger partial charge on any atom is 0.261 e. The van der Waals surface area contributed by atoms with Crippen molar-refractivity contribution in [3.8, 4) is 11.8 Å². The third kappa shape index (κ3) is 18.8. The Labute approximate surface area is 379 Å². The number of hydrogen-bond donors (Lipinski definition) is 0. The number of ether oxygens (including phenoxy) is 3. The molecule has 0 aliphatic carbocycles. The van der Waals surface area contributed by atoms with Crippen LogP contribution in [0.1, 0.15) is 162 Å². The molecule has 11 heteroatoms. The standard InChI is InChI=1S/C51H78N2O7SSi/c1-7-8-9-10-11-12-13-14-15-16-17-18-23-30-44-38-49(52-60-44)56-40-45(58-50-37-42(2)59-53-50)39-55-41-46(61-43(3)54)31-24-19-20-29-36-57-62(51(4,5)6,47-32-25-21-26-33-47)48-34-27-22-28-35-48/h21-22,25-28,32-35,37-38,45-46H,7-20,23-24,29-31,36,39-41H2,1-6H3. The van der Waals surface area contributed by atoms with Gasteiger partial charge in [0.15, 0.2) is 11.2 Å². The lowest BCUT2D eigenvalue weighted by molar-refractivity contribution is -0.109. The normalized spacial score (nSPS) is 13.0. The van der Waals surface area contributed by atoms with Gasteiger partial charge < -0.3 is 27.7 Å². The Bertz CT molecular complexity index is 1710. The maximum absolute atomic E-state index is 12.2. The van der Waals surface area contributed by atoms with E-state index in [0.29, 0.717) is 30.7 Å². The number of benzene rings is 2. The second kappa shape index (κ2) is 29.1. The third-order valence-corrected chi connectivity index (χ3v) is 17.6. The second-order valence-corrected chi connectivity index (χ2v) is 23.7. The molecule has 4 rings (SSSR count). The molecule has 62 heavy (non-hydrogen) atoms. The van der Waals surface area contributed by atoms with E-state index in [-0.39, 0.29) is 28.6 Å². The van der Waals surface area contributed by atoms with Crippen molar-refractivity contribution < 1.29 is 32.5 Å². The summed E-state index contributed by atoms with van der Waals surface area (Å²) in [5.41, 5.74) is 0. The van der Waals surface area contributed by atoms with Crippen LogP contribution in [0.4, 0.5) is 0 Å². The lowest BCUT2D eigenvalue weighted by atomic mass is 10.0. The van der Waals surface area contributed by atoms with Crippen LogP contribution in [0.5, 0.6) is 11.8 Å². The summed E-state index contributed by atoms with van der Waals surface area (Å²) in [6.07, 6.45) is 22.6. The molecule has 0 saturated carbocycles. The van der Waals surface area contributed by atoms with Gasteiger partial charge in [-0.3, -0.25) is 4.79 Å². The van der Waals surface area contributed by atoms with Crippen molar-refractivity contribution in [2.45, 2.75) is 180 Å². The molecule has 0 amide bonds. The fourth-order valence-electron chi connectivity index (χ4n) is 8.22. The minimum absolute atomic E-state index is 0.0397. The summed E-state index contributed by atoms with van der Waals surface area (Å²) in [5, 5.41) is 10.9. The molecule has 0 radical (unpaired) electrons. The Kier molecular flexibility index (Phi) is 24.1. The number of carbonyl (C=O) groups is 1. The smallest absolute Gasteiger partial charge is 0.261 e. The van der Waals surface area contributed by atoms with Crippen LogP contribution in [0.2, 0.25) is 5.04 Å².